The van der Waals surface area contributed by atoms with Gasteiger partial charge in [0.2, 0.25) is 5.91 Å². The van der Waals surface area contributed by atoms with Crippen LogP contribution in [0.5, 0.6) is 5.75 Å². The Labute approximate surface area is 161 Å². The maximum Gasteiger partial charge on any atom is 0.281 e. The minimum absolute atomic E-state index is 0.132. The Hall–Kier alpha value is -1.64. The van der Waals surface area contributed by atoms with E-state index in [2.05, 4.69) is 12.2 Å². The van der Waals surface area contributed by atoms with Crippen molar-refractivity contribution in [2.24, 2.45) is 11.8 Å². The van der Waals surface area contributed by atoms with Crippen LogP contribution in [-0.4, -0.2) is 56.2 Å². The smallest absolute Gasteiger partial charge is 0.281 e. The van der Waals surface area contributed by atoms with Gasteiger partial charge in [-0.05, 0) is 55.9 Å². The molecule has 2 aliphatic heterocycles. The summed E-state index contributed by atoms with van der Waals surface area (Å²) in [6.45, 7) is 4.03. The summed E-state index contributed by atoms with van der Waals surface area (Å²) in [5.74, 6) is 0.825. The number of hydrogen-bond donors (Lipinski definition) is 1. The fourth-order valence-electron chi connectivity index (χ4n) is 3.66. The van der Waals surface area contributed by atoms with Crippen LogP contribution in [0.2, 0.25) is 0 Å². The number of nitrogens with one attached hydrogen (secondary N) is 1. The molecule has 3 rings (SSSR count). The van der Waals surface area contributed by atoms with E-state index >= 15 is 0 Å². The topological polar surface area (TPSA) is 79.0 Å². The highest BCUT2D eigenvalue weighted by molar-refractivity contribution is 7.86. The molecule has 0 aliphatic carbocycles. The van der Waals surface area contributed by atoms with Crippen molar-refractivity contribution >= 4 is 21.8 Å². The van der Waals surface area contributed by atoms with Gasteiger partial charge in [0.15, 0.2) is 0 Å². The number of methoxy groups -OCH3 is 1. The van der Waals surface area contributed by atoms with Gasteiger partial charge in [-0.3, -0.25) is 4.79 Å². The summed E-state index contributed by atoms with van der Waals surface area (Å²) in [5, 5.41) is 2.89. The maximum atomic E-state index is 13.0. The first kappa shape index (κ1) is 20.1. The molecule has 0 saturated carbocycles. The Morgan fingerprint density at radius 3 is 2.37 bits per heavy atom. The van der Waals surface area contributed by atoms with Crippen LogP contribution in [0.3, 0.4) is 0 Å². The second-order valence-corrected chi connectivity index (χ2v) is 9.43. The third kappa shape index (κ3) is 4.80. The Morgan fingerprint density at radius 2 is 1.74 bits per heavy atom. The molecule has 2 heterocycles. The van der Waals surface area contributed by atoms with Crippen LogP contribution in [0.15, 0.2) is 24.3 Å². The number of rotatable bonds is 5. The Kier molecular flexibility index (Phi) is 6.39. The number of carbonyl (C=O) groups excluding carboxylic acids is 1. The van der Waals surface area contributed by atoms with E-state index in [1.54, 1.807) is 35.7 Å². The number of ether oxygens (including phenoxy) is 1. The van der Waals surface area contributed by atoms with E-state index in [0.29, 0.717) is 44.1 Å². The van der Waals surface area contributed by atoms with Crippen molar-refractivity contribution < 1.29 is 17.9 Å². The van der Waals surface area contributed by atoms with E-state index in [0.717, 1.165) is 18.6 Å². The molecule has 150 valence electrons. The monoisotopic (exact) mass is 395 g/mol. The van der Waals surface area contributed by atoms with Crippen LogP contribution in [0, 0.1) is 11.8 Å². The highest BCUT2D eigenvalue weighted by Gasteiger charge is 2.36. The molecule has 0 bridgehead atoms. The molecule has 2 saturated heterocycles. The van der Waals surface area contributed by atoms with Gasteiger partial charge in [-0.2, -0.15) is 17.0 Å². The summed E-state index contributed by atoms with van der Waals surface area (Å²) in [4.78, 5) is 12.6. The Balaban J connectivity index is 1.61. The molecule has 0 spiro atoms. The number of nitrogens with zero attached hydrogens (tertiary/aromatic N) is 2. The number of piperidine rings is 2. The first-order chi connectivity index (χ1) is 12.9. The molecule has 1 atom stereocenters. The van der Waals surface area contributed by atoms with E-state index in [9.17, 15) is 13.2 Å². The molecular weight excluding hydrogens is 366 g/mol. The zero-order chi connectivity index (χ0) is 19.4. The van der Waals surface area contributed by atoms with Gasteiger partial charge in [-0.15, -0.1) is 0 Å². The SMILES string of the molecule is COc1ccc(NC(=O)C2CCCN(S(=O)(=O)N3CCC(C)CC3)C2)cc1. The van der Waals surface area contributed by atoms with E-state index in [-0.39, 0.29) is 18.4 Å². The maximum absolute atomic E-state index is 13.0. The van der Waals surface area contributed by atoms with Gasteiger partial charge in [0.05, 0.1) is 13.0 Å². The molecule has 1 unspecified atom stereocenters. The molecule has 1 amide bonds. The number of hydrogen-bond acceptors (Lipinski definition) is 4. The summed E-state index contributed by atoms with van der Waals surface area (Å²) < 4.78 is 34.1. The third-order valence-electron chi connectivity index (χ3n) is 5.51. The molecule has 1 N–H and O–H groups in total. The van der Waals surface area contributed by atoms with Crippen molar-refractivity contribution in [2.75, 3.05) is 38.6 Å². The van der Waals surface area contributed by atoms with Crippen LogP contribution < -0.4 is 10.1 Å². The zero-order valence-corrected chi connectivity index (χ0v) is 16.9. The predicted octanol–water partition coefficient (Wildman–Crippen LogP) is 2.32. The van der Waals surface area contributed by atoms with Crippen molar-refractivity contribution in [3.8, 4) is 5.75 Å². The molecule has 2 fully saturated rings. The van der Waals surface area contributed by atoms with Crippen molar-refractivity contribution in [1.29, 1.82) is 0 Å². The van der Waals surface area contributed by atoms with Crippen LogP contribution in [0.25, 0.3) is 0 Å². The average Bonchev–Trinajstić information content (AvgIpc) is 2.69. The molecule has 8 heteroatoms. The number of carbonyl (C=O) groups is 1. The van der Waals surface area contributed by atoms with Gasteiger partial charge in [0, 0.05) is 31.9 Å². The summed E-state index contributed by atoms with van der Waals surface area (Å²) >= 11 is 0. The van der Waals surface area contributed by atoms with Gasteiger partial charge in [-0.1, -0.05) is 6.92 Å². The number of anilines is 1. The minimum atomic E-state index is -3.49. The molecule has 7 nitrogen and oxygen atoms in total. The number of benzene rings is 1. The standard InChI is InChI=1S/C19H29N3O4S/c1-15-9-12-21(13-10-15)27(24,25)22-11-3-4-16(14-22)19(23)20-17-5-7-18(26-2)8-6-17/h5-8,15-16H,3-4,9-14H2,1-2H3,(H,20,23). The van der Waals surface area contributed by atoms with Crippen molar-refractivity contribution in [3.05, 3.63) is 24.3 Å². The lowest BCUT2D eigenvalue weighted by molar-refractivity contribution is -0.120. The molecule has 27 heavy (non-hydrogen) atoms. The Morgan fingerprint density at radius 1 is 1.07 bits per heavy atom. The largest absolute Gasteiger partial charge is 0.497 e. The normalized spacial score (nSPS) is 23.1. The molecule has 2 aliphatic rings. The average molecular weight is 396 g/mol. The van der Waals surface area contributed by atoms with E-state index in [4.69, 9.17) is 4.74 Å². The van der Waals surface area contributed by atoms with Gasteiger partial charge in [0.25, 0.3) is 10.2 Å². The van der Waals surface area contributed by atoms with Crippen molar-refractivity contribution in [1.82, 2.24) is 8.61 Å². The quantitative estimate of drug-likeness (QED) is 0.830. The summed E-state index contributed by atoms with van der Waals surface area (Å²) in [6, 6.07) is 7.13. The van der Waals surface area contributed by atoms with Crippen LogP contribution in [-0.2, 0) is 15.0 Å². The lowest BCUT2D eigenvalue weighted by Gasteiger charge is -2.37. The molecule has 0 radical (unpaired) electrons. The van der Waals surface area contributed by atoms with Crippen molar-refractivity contribution in [2.45, 2.75) is 32.6 Å². The fourth-order valence-corrected chi connectivity index (χ4v) is 5.39. The van der Waals surface area contributed by atoms with Gasteiger partial charge < -0.3 is 10.1 Å². The van der Waals surface area contributed by atoms with Crippen LogP contribution in [0.1, 0.15) is 32.6 Å². The van der Waals surface area contributed by atoms with Crippen LogP contribution in [0.4, 0.5) is 5.69 Å². The Bertz CT molecular complexity index is 743. The summed E-state index contributed by atoms with van der Waals surface area (Å²) in [6.07, 6.45) is 3.19. The van der Waals surface area contributed by atoms with Crippen molar-refractivity contribution in [3.63, 3.8) is 0 Å². The zero-order valence-electron chi connectivity index (χ0n) is 16.1. The van der Waals surface area contributed by atoms with Crippen LogP contribution >= 0.6 is 0 Å². The lowest BCUT2D eigenvalue weighted by atomic mass is 9.99. The fraction of sp³-hybridized carbons (Fsp3) is 0.632. The summed E-state index contributed by atoms with van der Waals surface area (Å²) in [5.41, 5.74) is 0.686. The van der Waals surface area contributed by atoms with E-state index in [1.165, 1.54) is 4.31 Å². The van der Waals surface area contributed by atoms with Gasteiger partial charge in [0.1, 0.15) is 5.75 Å². The van der Waals surface area contributed by atoms with E-state index in [1.807, 2.05) is 0 Å². The van der Waals surface area contributed by atoms with Gasteiger partial charge in [-0.25, -0.2) is 0 Å². The highest BCUT2D eigenvalue weighted by atomic mass is 32.2. The molecule has 0 aromatic heterocycles. The molecule has 1 aromatic carbocycles. The molecular formula is C19H29N3O4S. The van der Waals surface area contributed by atoms with E-state index < -0.39 is 10.2 Å². The third-order valence-corrected chi connectivity index (χ3v) is 7.51. The lowest BCUT2D eigenvalue weighted by Crippen LogP contribution is -2.51. The number of amides is 1. The minimum Gasteiger partial charge on any atom is -0.497 e. The summed E-state index contributed by atoms with van der Waals surface area (Å²) in [7, 11) is -1.90. The predicted molar refractivity (Wildman–Crippen MR) is 105 cm³/mol. The second kappa shape index (κ2) is 8.58. The first-order valence-corrected chi connectivity index (χ1v) is 11.0. The molecule has 1 aromatic rings. The van der Waals surface area contributed by atoms with Gasteiger partial charge >= 0.3 is 0 Å². The highest BCUT2D eigenvalue weighted by Crippen LogP contribution is 2.26. The second-order valence-electron chi connectivity index (χ2n) is 7.50. The first-order valence-electron chi connectivity index (χ1n) is 9.60.